The summed E-state index contributed by atoms with van der Waals surface area (Å²) in [5.41, 5.74) is 1.03. The molecule has 1 aromatic carbocycles. The Morgan fingerprint density at radius 1 is 1.06 bits per heavy atom. The van der Waals surface area contributed by atoms with Crippen LogP contribution in [-0.4, -0.2) is 51.6 Å². The fourth-order valence-electron chi connectivity index (χ4n) is 7.29. The van der Waals surface area contributed by atoms with Crippen LogP contribution in [0, 0.1) is 72.3 Å². The Bertz CT molecular complexity index is 1480. The number of nitrogens with one attached hydrogen (secondary N) is 2. The van der Waals surface area contributed by atoms with E-state index >= 15 is 0 Å². The Morgan fingerprint density at radius 3 is 2.63 bits per heavy atom. The van der Waals surface area contributed by atoms with Crippen molar-refractivity contribution in [1.82, 2.24) is 29.6 Å². The number of benzene rings is 1. The molecule has 4 aliphatic carbocycles. The van der Waals surface area contributed by atoms with Gasteiger partial charge in [0.15, 0.2) is 11.6 Å². The van der Waals surface area contributed by atoms with Gasteiger partial charge in [0.2, 0.25) is 5.82 Å². The first kappa shape index (κ1) is 23.3. The minimum Gasteiger partial charge on any atom is -0.541 e. The van der Waals surface area contributed by atoms with Gasteiger partial charge in [0.1, 0.15) is 28.1 Å². The molecule has 6 atom stereocenters. The van der Waals surface area contributed by atoms with Gasteiger partial charge in [0.25, 0.3) is 0 Å². The fraction of sp³-hybridized carbons (Fsp3) is 0.440. The van der Waals surface area contributed by atoms with E-state index in [4.69, 9.17) is 4.98 Å². The van der Waals surface area contributed by atoms with Crippen LogP contribution < -0.4 is 4.48 Å². The number of aromatic nitrogens is 5. The van der Waals surface area contributed by atoms with E-state index in [-0.39, 0.29) is 54.0 Å². The van der Waals surface area contributed by atoms with Crippen molar-refractivity contribution >= 4 is 34.0 Å². The molecule has 2 N–H and O–H groups in total. The number of carbonyl (C=O) groups excluding carboxylic acids is 1. The molecule has 10 heteroatoms. The molecule has 4 fully saturated rings. The minimum atomic E-state index is -0.739. The van der Waals surface area contributed by atoms with Gasteiger partial charge in [-0.15, -0.1) is 0 Å². The van der Waals surface area contributed by atoms with Crippen LogP contribution in [0.15, 0.2) is 24.4 Å². The SMILES string of the molecule is C[N+](C)(c1nc(-c2[nH]nc3c(F)cc(F)cc23)nc2[nH]ccc12)[C@H]1[C@H]([C-]=O)[C@@H]2CC[C@@H]1[C@@H]1C[C@@H]12.[U]. The summed E-state index contributed by atoms with van der Waals surface area (Å²) in [6.45, 7) is 0. The Labute approximate surface area is 224 Å². The van der Waals surface area contributed by atoms with Gasteiger partial charge >= 0.3 is 0 Å². The molecule has 3 heterocycles. The normalized spacial score (nSPS) is 29.3. The van der Waals surface area contributed by atoms with Crippen molar-refractivity contribution in [3.63, 3.8) is 0 Å². The standard InChI is InChI=1S/C25H24F2N6O.U/c1-33(2,22-13-4-3-12(18(22)10-34)15-9-16(13)15)25-14-5-6-28-23(14)29-24(30-25)21-17-7-11(26)8-19(27)20(17)31-32-21;/h5-8,12-13,15-16,18,22H,3-4,9H2,1-2H3,(H,31,32)(H,28,29,30);/t12-,13-,15-,16+,18-,22-;/m1./s1. The number of hydrogen-bond acceptors (Lipinski definition) is 4. The van der Waals surface area contributed by atoms with E-state index in [1.165, 1.54) is 12.5 Å². The van der Waals surface area contributed by atoms with Gasteiger partial charge < -0.3 is 9.78 Å². The summed E-state index contributed by atoms with van der Waals surface area (Å²) in [6, 6.07) is 4.07. The molecule has 8 rings (SSSR count). The van der Waals surface area contributed by atoms with Crippen molar-refractivity contribution in [3.8, 4) is 11.5 Å². The first-order chi connectivity index (χ1) is 16.4. The Morgan fingerprint density at radius 2 is 1.83 bits per heavy atom. The van der Waals surface area contributed by atoms with E-state index in [9.17, 15) is 13.6 Å². The summed E-state index contributed by atoms with van der Waals surface area (Å²) in [6.07, 6.45) is 7.69. The maximum absolute atomic E-state index is 14.3. The number of H-pyrrole nitrogens is 2. The molecule has 35 heavy (non-hydrogen) atoms. The second-order valence-electron chi connectivity index (χ2n) is 10.6. The number of aromatic amines is 2. The molecular weight excluding hydrogens is 676 g/mol. The van der Waals surface area contributed by atoms with Crippen molar-refractivity contribution in [3.05, 3.63) is 36.0 Å². The fourth-order valence-corrected chi connectivity index (χ4v) is 7.29. The zero-order valence-electron chi connectivity index (χ0n) is 19.3. The van der Waals surface area contributed by atoms with Crippen LogP contribution in [0.2, 0.25) is 0 Å². The second kappa shape index (κ2) is 7.92. The first-order valence-electron chi connectivity index (χ1n) is 11.8. The first-order valence-corrected chi connectivity index (χ1v) is 11.8. The van der Waals surface area contributed by atoms with Crippen LogP contribution >= 0.6 is 0 Å². The smallest absolute Gasteiger partial charge is 0.240 e. The average molecular weight is 701 g/mol. The monoisotopic (exact) mass is 700 g/mol. The van der Waals surface area contributed by atoms with Crippen LogP contribution in [0.25, 0.3) is 33.5 Å². The summed E-state index contributed by atoms with van der Waals surface area (Å²) in [5.74, 6) is 1.76. The van der Waals surface area contributed by atoms with E-state index in [0.717, 1.165) is 30.1 Å². The van der Waals surface area contributed by atoms with Crippen LogP contribution in [0.5, 0.6) is 0 Å². The van der Waals surface area contributed by atoms with E-state index in [2.05, 4.69) is 40.5 Å². The van der Waals surface area contributed by atoms with Gasteiger partial charge in [-0.2, -0.15) is 10.1 Å². The third kappa shape index (κ3) is 3.22. The van der Waals surface area contributed by atoms with Gasteiger partial charge in [-0.1, -0.05) is 18.3 Å². The predicted molar refractivity (Wildman–Crippen MR) is 123 cm³/mol. The molecule has 0 saturated heterocycles. The Balaban J connectivity index is 0.00000229. The van der Waals surface area contributed by atoms with E-state index in [1.54, 1.807) is 0 Å². The molecule has 4 saturated carbocycles. The number of halogens is 2. The largest absolute Gasteiger partial charge is 0.541 e. The summed E-state index contributed by atoms with van der Waals surface area (Å²) >= 11 is 0. The van der Waals surface area contributed by atoms with Crippen LogP contribution in [0.3, 0.4) is 0 Å². The molecule has 4 aromatic rings. The van der Waals surface area contributed by atoms with Gasteiger partial charge in [0, 0.05) is 54.7 Å². The molecular formula is C25H24F2N6OU. The predicted octanol–water partition coefficient (Wildman–Crippen LogP) is 4.12. The zero-order chi connectivity index (χ0) is 23.4. The van der Waals surface area contributed by atoms with Crippen LogP contribution in [-0.2, 0) is 4.79 Å². The number of fused-ring (bicyclic) bond motifs is 4. The van der Waals surface area contributed by atoms with Gasteiger partial charge in [0.05, 0.1) is 20.1 Å². The number of rotatable bonds is 4. The van der Waals surface area contributed by atoms with Gasteiger partial charge in [-0.25, -0.2) is 13.8 Å². The van der Waals surface area contributed by atoms with E-state index < -0.39 is 11.6 Å². The molecule has 0 amide bonds. The summed E-state index contributed by atoms with van der Waals surface area (Å²) < 4.78 is 28.7. The number of quaternary nitrogens is 1. The van der Waals surface area contributed by atoms with Crippen molar-refractivity contribution in [2.45, 2.75) is 25.3 Å². The summed E-state index contributed by atoms with van der Waals surface area (Å²) in [5, 5.41) is 8.01. The molecule has 2 bridgehead atoms. The molecule has 7 nitrogen and oxygen atoms in total. The maximum atomic E-state index is 14.3. The third-order valence-corrected chi connectivity index (χ3v) is 8.72. The molecule has 0 spiro atoms. The quantitative estimate of drug-likeness (QED) is 0.248. The molecule has 0 unspecified atom stereocenters. The van der Waals surface area contributed by atoms with Crippen molar-refractivity contribution in [1.29, 1.82) is 0 Å². The Kier molecular flexibility index (Phi) is 5.27. The summed E-state index contributed by atoms with van der Waals surface area (Å²) in [4.78, 5) is 25.0. The molecule has 3 aromatic heterocycles. The minimum absolute atomic E-state index is 0. The molecule has 0 radical (unpaired) electrons. The molecule has 178 valence electrons. The van der Waals surface area contributed by atoms with E-state index in [0.29, 0.717) is 45.3 Å². The van der Waals surface area contributed by atoms with E-state index in [1.807, 2.05) is 12.3 Å². The number of hydrogen-bond donors (Lipinski definition) is 2. The molecule has 0 aliphatic heterocycles. The average Bonchev–Trinajstić information content (AvgIpc) is 3.33. The van der Waals surface area contributed by atoms with Crippen molar-refractivity contribution < 1.29 is 44.7 Å². The van der Waals surface area contributed by atoms with Gasteiger partial charge in [-0.3, -0.25) is 15.9 Å². The summed E-state index contributed by atoms with van der Waals surface area (Å²) in [7, 11) is 4.21. The zero-order valence-corrected chi connectivity index (χ0v) is 23.5. The van der Waals surface area contributed by atoms with Crippen molar-refractivity contribution in [2.24, 2.45) is 29.6 Å². The van der Waals surface area contributed by atoms with Crippen LogP contribution in [0.1, 0.15) is 19.3 Å². The Hall–Kier alpha value is -2.15. The third-order valence-electron chi connectivity index (χ3n) is 8.72. The maximum Gasteiger partial charge on any atom is 0.240 e. The second-order valence-corrected chi connectivity index (χ2v) is 10.6. The van der Waals surface area contributed by atoms with Crippen molar-refractivity contribution in [2.75, 3.05) is 14.1 Å². The van der Waals surface area contributed by atoms with Gasteiger partial charge in [-0.05, 0) is 36.8 Å². The van der Waals surface area contributed by atoms with Crippen LogP contribution in [0.4, 0.5) is 14.6 Å². The topological polar surface area (TPSA) is 87.3 Å². The molecule has 4 aliphatic rings. The number of nitrogens with zero attached hydrogens (tertiary/aromatic N) is 4.